The molecule has 23 heavy (non-hydrogen) atoms. The van der Waals surface area contributed by atoms with Crippen LogP contribution in [0.25, 0.3) is 21.7 Å². The lowest BCUT2D eigenvalue weighted by Gasteiger charge is -2.04. The Morgan fingerprint density at radius 3 is 2.13 bits per heavy atom. The van der Waals surface area contributed by atoms with Crippen molar-refractivity contribution in [3.8, 4) is 21.7 Å². The summed E-state index contributed by atoms with van der Waals surface area (Å²) in [6, 6.07) is 16.6. The predicted octanol–water partition coefficient (Wildman–Crippen LogP) is 6.06. The highest BCUT2D eigenvalue weighted by Gasteiger charge is 2.36. The second-order valence-corrected chi connectivity index (χ2v) is 6.11. The van der Waals surface area contributed by atoms with Crippen LogP contribution in [-0.4, -0.2) is 4.98 Å². The summed E-state index contributed by atoms with van der Waals surface area (Å²) < 4.78 is 39.2. The van der Waals surface area contributed by atoms with Gasteiger partial charge in [-0.15, -0.1) is 11.3 Å². The Morgan fingerprint density at radius 2 is 1.57 bits per heavy atom. The van der Waals surface area contributed by atoms with Crippen molar-refractivity contribution in [3.05, 3.63) is 65.2 Å². The summed E-state index contributed by atoms with van der Waals surface area (Å²) in [5.41, 5.74) is 2.97. The minimum atomic E-state index is -4.43. The molecule has 0 atom stereocenters. The molecule has 0 fully saturated rings. The Balaban J connectivity index is 2.15. The van der Waals surface area contributed by atoms with Gasteiger partial charge in [-0.2, -0.15) is 13.2 Å². The minimum absolute atomic E-state index is 0.385. The Hall–Kier alpha value is -2.14. The highest BCUT2D eigenvalue weighted by molar-refractivity contribution is 7.15. The number of aryl methyl sites for hydroxylation is 1. The van der Waals surface area contributed by atoms with Gasteiger partial charge in [0, 0.05) is 5.56 Å². The molecule has 0 N–H and O–H groups in total. The van der Waals surface area contributed by atoms with Gasteiger partial charge in [0.25, 0.3) is 0 Å². The van der Waals surface area contributed by atoms with Gasteiger partial charge in [-0.3, -0.25) is 0 Å². The first-order valence-corrected chi connectivity index (χ1v) is 8.03. The maximum Gasteiger partial charge on any atom is 0.443 e. The second kappa shape index (κ2) is 6.16. The molecule has 1 aromatic heterocycles. The molecule has 0 spiro atoms. The van der Waals surface area contributed by atoms with E-state index in [0.717, 1.165) is 17.5 Å². The van der Waals surface area contributed by atoms with Gasteiger partial charge in [-0.25, -0.2) is 4.98 Å². The largest absolute Gasteiger partial charge is 0.443 e. The third-order valence-corrected chi connectivity index (χ3v) is 4.69. The van der Waals surface area contributed by atoms with E-state index in [1.54, 1.807) is 12.1 Å². The number of rotatable bonds is 3. The molecular weight excluding hydrogens is 319 g/mol. The molecule has 2 aromatic carbocycles. The first-order valence-electron chi connectivity index (χ1n) is 7.22. The Bertz CT molecular complexity index is 789. The summed E-state index contributed by atoms with van der Waals surface area (Å²) in [6.07, 6.45) is -3.55. The fourth-order valence-electron chi connectivity index (χ4n) is 2.32. The first kappa shape index (κ1) is 15.7. The van der Waals surface area contributed by atoms with Gasteiger partial charge < -0.3 is 0 Å². The normalized spacial score (nSPS) is 11.7. The monoisotopic (exact) mass is 333 g/mol. The molecule has 1 heterocycles. The van der Waals surface area contributed by atoms with Crippen molar-refractivity contribution in [2.24, 2.45) is 0 Å². The number of halogens is 3. The zero-order chi connectivity index (χ0) is 16.4. The van der Waals surface area contributed by atoms with Crippen LogP contribution in [0.5, 0.6) is 0 Å². The van der Waals surface area contributed by atoms with Gasteiger partial charge in [0.1, 0.15) is 0 Å². The highest BCUT2D eigenvalue weighted by atomic mass is 32.1. The van der Waals surface area contributed by atoms with Crippen LogP contribution >= 0.6 is 11.3 Å². The van der Waals surface area contributed by atoms with Crippen LogP contribution in [0, 0.1) is 0 Å². The molecule has 1 nitrogen and oxygen atoms in total. The van der Waals surface area contributed by atoms with Crippen LogP contribution in [0.15, 0.2) is 54.6 Å². The molecule has 0 aliphatic heterocycles. The Kier molecular flexibility index (Phi) is 4.22. The summed E-state index contributed by atoms with van der Waals surface area (Å²) in [5, 5.41) is -0.814. The van der Waals surface area contributed by atoms with Crippen LogP contribution in [0.1, 0.15) is 17.5 Å². The van der Waals surface area contributed by atoms with Crippen LogP contribution in [0.3, 0.4) is 0 Å². The molecule has 0 saturated heterocycles. The van der Waals surface area contributed by atoms with Crippen molar-refractivity contribution < 1.29 is 13.2 Å². The summed E-state index contributed by atoms with van der Waals surface area (Å²) >= 11 is 0.688. The fourth-order valence-corrected chi connectivity index (χ4v) is 3.28. The van der Waals surface area contributed by atoms with Gasteiger partial charge in [0.2, 0.25) is 0 Å². The Labute approximate surface area is 136 Å². The minimum Gasteiger partial charge on any atom is -0.231 e. The predicted molar refractivity (Wildman–Crippen MR) is 87.4 cm³/mol. The molecule has 0 aliphatic carbocycles. The van der Waals surface area contributed by atoms with Crippen molar-refractivity contribution in [1.29, 1.82) is 0 Å². The van der Waals surface area contributed by atoms with Gasteiger partial charge in [0.15, 0.2) is 5.01 Å². The van der Waals surface area contributed by atoms with E-state index in [1.807, 2.05) is 49.4 Å². The summed E-state index contributed by atoms with van der Waals surface area (Å²) in [7, 11) is 0. The van der Waals surface area contributed by atoms with Crippen LogP contribution < -0.4 is 0 Å². The van der Waals surface area contributed by atoms with E-state index >= 15 is 0 Å². The number of hydrogen-bond acceptors (Lipinski definition) is 2. The molecule has 0 unspecified atom stereocenters. The van der Waals surface area contributed by atoms with E-state index in [2.05, 4.69) is 4.98 Å². The molecule has 0 saturated carbocycles. The number of benzene rings is 2. The zero-order valence-corrected chi connectivity index (χ0v) is 13.2. The maximum atomic E-state index is 13.1. The summed E-state index contributed by atoms with van der Waals surface area (Å²) in [5.74, 6) is 0. The SMILES string of the molecule is CCc1ccc(-c2nc(C(F)(F)F)sc2-c2ccccc2)cc1. The summed E-state index contributed by atoms with van der Waals surface area (Å²) in [4.78, 5) is 4.42. The van der Waals surface area contributed by atoms with Crippen molar-refractivity contribution in [3.63, 3.8) is 0 Å². The summed E-state index contributed by atoms with van der Waals surface area (Å²) in [6.45, 7) is 2.04. The lowest BCUT2D eigenvalue weighted by molar-refractivity contribution is -0.137. The van der Waals surface area contributed by atoms with Crippen molar-refractivity contribution >= 4 is 11.3 Å². The first-order chi connectivity index (χ1) is 11.0. The van der Waals surface area contributed by atoms with Crippen LogP contribution in [0.2, 0.25) is 0 Å². The van der Waals surface area contributed by atoms with E-state index in [1.165, 1.54) is 0 Å². The van der Waals surface area contributed by atoms with E-state index in [-0.39, 0.29) is 0 Å². The van der Waals surface area contributed by atoms with E-state index in [9.17, 15) is 13.2 Å². The molecule has 3 rings (SSSR count). The van der Waals surface area contributed by atoms with Gasteiger partial charge in [-0.05, 0) is 17.5 Å². The van der Waals surface area contributed by atoms with E-state index in [4.69, 9.17) is 0 Å². The maximum absolute atomic E-state index is 13.1. The topological polar surface area (TPSA) is 12.9 Å². The number of nitrogens with zero attached hydrogens (tertiary/aromatic N) is 1. The molecular formula is C18H14F3NS. The lowest BCUT2D eigenvalue weighted by atomic mass is 10.0. The zero-order valence-electron chi connectivity index (χ0n) is 12.4. The fraction of sp³-hybridized carbons (Fsp3) is 0.167. The van der Waals surface area contributed by atoms with Crippen molar-refractivity contribution in [2.45, 2.75) is 19.5 Å². The lowest BCUT2D eigenvalue weighted by Crippen LogP contribution is -2.03. The quantitative estimate of drug-likeness (QED) is 0.568. The number of thiazole rings is 1. The molecule has 0 bridgehead atoms. The standard InChI is InChI=1S/C18H14F3NS/c1-2-12-8-10-13(11-9-12)15-16(14-6-4-3-5-7-14)23-17(22-15)18(19,20)21/h3-11H,2H2,1H3. The molecule has 118 valence electrons. The molecule has 3 aromatic rings. The van der Waals surface area contributed by atoms with E-state index < -0.39 is 11.2 Å². The average Bonchev–Trinajstić information content (AvgIpc) is 3.01. The average molecular weight is 333 g/mol. The molecule has 5 heteroatoms. The molecule has 0 radical (unpaired) electrons. The number of aromatic nitrogens is 1. The van der Waals surface area contributed by atoms with E-state index in [0.29, 0.717) is 27.5 Å². The van der Waals surface area contributed by atoms with Gasteiger partial charge in [0.05, 0.1) is 10.6 Å². The van der Waals surface area contributed by atoms with Crippen LogP contribution in [0.4, 0.5) is 13.2 Å². The number of hydrogen-bond donors (Lipinski definition) is 0. The highest BCUT2D eigenvalue weighted by Crippen LogP contribution is 2.42. The molecule has 0 aliphatic rings. The van der Waals surface area contributed by atoms with Crippen molar-refractivity contribution in [1.82, 2.24) is 4.98 Å². The Morgan fingerprint density at radius 1 is 0.913 bits per heavy atom. The third-order valence-electron chi connectivity index (χ3n) is 3.54. The second-order valence-electron chi connectivity index (χ2n) is 5.11. The molecule has 0 amide bonds. The van der Waals surface area contributed by atoms with Gasteiger partial charge in [-0.1, -0.05) is 61.5 Å². The smallest absolute Gasteiger partial charge is 0.231 e. The van der Waals surface area contributed by atoms with Crippen LogP contribution in [-0.2, 0) is 12.6 Å². The van der Waals surface area contributed by atoms with Crippen molar-refractivity contribution in [2.75, 3.05) is 0 Å². The third kappa shape index (κ3) is 3.29. The van der Waals surface area contributed by atoms with Gasteiger partial charge >= 0.3 is 6.18 Å². The number of alkyl halides is 3.